The number of hydrogen-bond acceptors (Lipinski definition) is 16. The van der Waals surface area contributed by atoms with Crippen molar-refractivity contribution in [3.63, 3.8) is 0 Å². The third-order valence-electron chi connectivity index (χ3n) is 9.59. The molecule has 0 aromatic carbocycles. The lowest BCUT2D eigenvalue weighted by Gasteiger charge is -2.27. The topological polar surface area (TPSA) is 190 Å². The largest absolute Gasteiger partial charge is 0.459 e. The van der Waals surface area contributed by atoms with Crippen LogP contribution in [-0.4, -0.2) is 129 Å². The summed E-state index contributed by atoms with van der Waals surface area (Å²) in [5.74, 6) is -0.515. The summed E-state index contributed by atoms with van der Waals surface area (Å²) in [6.07, 6.45) is -8.28. The van der Waals surface area contributed by atoms with Crippen molar-refractivity contribution in [2.45, 2.75) is 123 Å². The molecule has 4 aliphatic heterocycles. The molecule has 55 heavy (non-hydrogen) atoms. The fourth-order valence-corrected chi connectivity index (χ4v) is 12.1. The Balaban J connectivity index is 1.09. The lowest BCUT2D eigenvalue weighted by Crippen LogP contribution is -2.35. The van der Waals surface area contributed by atoms with Crippen molar-refractivity contribution in [1.82, 2.24) is 0 Å². The summed E-state index contributed by atoms with van der Waals surface area (Å²) in [5, 5.41) is 9.33. The second-order valence-electron chi connectivity index (χ2n) is 13.7. The second-order valence-corrected chi connectivity index (χ2v) is 23.7. The highest BCUT2D eigenvalue weighted by molar-refractivity contribution is 14.1. The number of hydrogen-bond donors (Lipinski definition) is 4. The number of esters is 1. The predicted molar refractivity (Wildman–Crippen MR) is 206 cm³/mol. The SMILES string of the molecule is O=C(O[C@H]1C[C@H](I)O[C@@H]1COP(=O)(S)O[C@H]1[C@@H](F)CO[C@@H]1COP(=O)(S)O[C@H]1[C@@H](F)CO[C@@H]1COP(=O)(S)O[C@H]1[C@@H](F)CO[C@@H]1CO)C1CCCCCCC1. The van der Waals surface area contributed by atoms with Gasteiger partial charge in [0, 0.05) is 6.42 Å². The first-order valence-electron chi connectivity index (χ1n) is 17.8. The monoisotopic (exact) mass is 1020 g/mol. The minimum atomic E-state index is -4.47. The molecule has 0 bridgehead atoms. The molecule has 0 aromatic heterocycles. The highest BCUT2D eigenvalue weighted by atomic mass is 127. The van der Waals surface area contributed by atoms with E-state index in [-0.39, 0.29) is 22.6 Å². The van der Waals surface area contributed by atoms with Gasteiger partial charge < -0.3 is 28.8 Å². The zero-order valence-electron chi connectivity index (χ0n) is 29.4. The lowest BCUT2D eigenvalue weighted by molar-refractivity contribution is -0.158. The quantitative estimate of drug-likeness (QED) is 0.0392. The van der Waals surface area contributed by atoms with Crippen LogP contribution in [0.1, 0.15) is 51.4 Å². The van der Waals surface area contributed by atoms with Gasteiger partial charge in [0.25, 0.3) is 0 Å². The van der Waals surface area contributed by atoms with Gasteiger partial charge in [-0.2, -0.15) is 0 Å². The van der Waals surface area contributed by atoms with Gasteiger partial charge in [0.2, 0.25) is 0 Å². The average Bonchev–Trinajstić information content (AvgIpc) is 3.84. The van der Waals surface area contributed by atoms with Gasteiger partial charge in [0.1, 0.15) is 52.9 Å². The Labute approximate surface area is 346 Å². The summed E-state index contributed by atoms with van der Waals surface area (Å²) < 4.78 is 142. The third-order valence-corrected chi connectivity index (χ3v) is 15.2. The molecule has 15 atom stereocenters. The fourth-order valence-electron chi connectivity index (χ4n) is 6.69. The van der Waals surface area contributed by atoms with Crippen molar-refractivity contribution in [2.75, 3.05) is 46.2 Å². The Morgan fingerprint density at radius 1 is 0.673 bits per heavy atom. The molecule has 320 valence electrons. The van der Waals surface area contributed by atoms with Crippen LogP contribution in [-0.2, 0) is 69.3 Å². The summed E-state index contributed by atoms with van der Waals surface area (Å²) in [4.78, 5) is 13.0. The van der Waals surface area contributed by atoms with E-state index in [1.807, 2.05) is 22.6 Å². The Morgan fingerprint density at radius 2 is 1.07 bits per heavy atom. The summed E-state index contributed by atoms with van der Waals surface area (Å²) in [7, 11) is 0. The number of aliphatic hydroxyl groups excluding tert-OH is 1. The zero-order chi connectivity index (χ0) is 40.0. The number of thiol groups is 3. The standard InChI is InChI=1S/C29H47F3IO16P3S3/c30-17-10-39-21(9-34)26(17)47-51(37,54)43-14-23-28(19(32)12-40-23)49-52(38,55)44-15-24-27(18(31)11-41-24)48-50(36,53)42-13-22-20(8-25(33)45-22)46-29(35)16-6-4-2-1-3-5-7-16/h16-28,34H,1-15H2,(H,36,53)(H,37,54)(H,38,55)/t17-,18-,19-,20-,21+,22+,23+,24+,25+,26-,27-,28-,50?,51?,52?/m0/s1. The van der Waals surface area contributed by atoms with Crippen molar-refractivity contribution in [3.05, 3.63) is 0 Å². The Kier molecular flexibility index (Phi) is 18.4. The second kappa shape index (κ2) is 21.4. The maximum Gasteiger partial charge on any atom is 0.386 e. The van der Waals surface area contributed by atoms with Crippen LogP contribution in [0.4, 0.5) is 13.2 Å². The summed E-state index contributed by atoms with van der Waals surface area (Å²) in [6, 6.07) is 0. The smallest absolute Gasteiger partial charge is 0.386 e. The first kappa shape index (κ1) is 47.3. The first-order chi connectivity index (χ1) is 26.0. The predicted octanol–water partition coefficient (Wildman–Crippen LogP) is 6.33. The number of aliphatic hydroxyl groups is 1. The molecule has 0 spiro atoms. The molecule has 0 aromatic rings. The van der Waals surface area contributed by atoms with Gasteiger partial charge >= 0.3 is 26.4 Å². The number of alkyl halides is 4. The van der Waals surface area contributed by atoms with Crippen LogP contribution in [0.15, 0.2) is 0 Å². The van der Waals surface area contributed by atoms with E-state index in [1.54, 1.807) is 0 Å². The van der Waals surface area contributed by atoms with E-state index in [0.717, 1.165) is 44.9 Å². The van der Waals surface area contributed by atoms with Crippen molar-refractivity contribution in [3.8, 4) is 0 Å². The van der Waals surface area contributed by atoms with E-state index in [1.165, 1.54) is 0 Å². The Bertz CT molecular complexity index is 1410. The number of carbonyl (C=O) groups is 1. The maximum absolute atomic E-state index is 14.9. The average molecular weight is 1020 g/mol. The lowest BCUT2D eigenvalue weighted by atomic mass is 9.91. The van der Waals surface area contributed by atoms with Gasteiger partial charge in [-0.05, 0) is 12.8 Å². The van der Waals surface area contributed by atoms with Crippen molar-refractivity contribution >= 4 is 85.7 Å². The van der Waals surface area contributed by atoms with Crippen LogP contribution in [0.25, 0.3) is 0 Å². The molecule has 3 unspecified atom stereocenters. The number of carbonyl (C=O) groups excluding carboxylic acids is 1. The highest BCUT2D eigenvalue weighted by Gasteiger charge is 2.48. The van der Waals surface area contributed by atoms with Gasteiger partial charge in [-0.15, -0.1) is 0 Å². The van der Waals surface area contributed by atoms with Crippen molar-refractivity contribution < 1.29 is 87.6 Å². The Hall–Kier alpha value is 1.29. The minimum absolute atomic E-state index is 0.207. The van der Waals surface area contributed by atoms with E-state index in [9.17, 15) is 36.8 Å². The highest BCUT2D eigenvalue weighted by Crippen LogP contribution is 2.59. The fraction of sp³-hybridized carbons (Fsp3) is 0.966. The maximum atomic E-state index is 14.9. The van der Waals surface area contributed by atoms with Gasteiger partial charge in [-0.1, -0.05) is 91.4 Å². The third kappa shape index (κ3) is 14.2. The Morgan fingerprint density at radius 3 is 1.53 bits per heavy atom. The van der Waals surface area contributed by atoms with E-state index in [2.05, 4.69) is 36.7 Å². The van der Waals surface area contributed by atoms with Crippen LogP contribution in [0.5, 0.6) is 0 Å². The first-order valence-corrected chi connectivity index (χ1v) is 27.1. The normalized spacial score (nSPS) is 39.6. The van der Waals surface area contributed by atoms with Crippen molar-refractivity contribution in [1.29, 1.82) is 0 Å². The van der Waals surface area contributed by atoms with E-state index in [4.69, 9.17) is 50.8 Å². The van der Waals surface area contributed by atoms with Gasteiger partial charge in [0.05, 0.1) is 52.2 Å². The summed E-state index contributed by atoms with van der Waals surface area (Å²) in [6.45, 7) is -16.9. The molecule has 1 N–H and O–H groups in total. The molecule has 5 rings (SSSR count). The number of halogens is 4. The number of rotatable bonds is 18. The van der Waals surface area contributed by atoms with Crippen LogP contribution in [0.2, 0.25) is 0 Å². The molecule has 4 saturated heterocycles. The van der Waals surface area contributed by atoms with Gasteiger partial charge in [-0.25, -0.2) is 26.9 Å². The van der Waals surface area contributed by atoms with Gasteiger partial charge in [0.15, 0.2) is 18.5 Å². The van der Waals surface area contributed by atoms with Crippen LogP contribution in [0.3, 0.4) is 0 Å². The molecule has 5 aliphatic rings. The van der Waals surface area contributed by atoms with Crippen LogP contribution in [0, 0.1) is 5.92 Å². The molecular weight excluding hydrogens is 977 g/mol. The zero-order valence-corrected chi connectivity index (χ0v) is 36.9. The molecule has 16 nitrogen and oxygen atoms in total. The van der Waals surface area contributed by atoms with E-state index in [0.29, 0.717) is 6.42 Å². The molecule has 26 heteroatoms. The van der Waals surface area contributed by atoms with Crippen LogP contribution < -0.4 is 0 Å². The molecule has 0 amide bonds. The summed E-state index contributed by atoms with van der Waals surface area (Å²) >= 11 is 13.7. The van der Waals surface area contributed by atoms with Gasteiger partial charge in [-0.3, -0.25) is 31.9 Å². The summed E-state index contributed by atoms with van der Waals surface area (Å²) in [5.41, 5.74) is 0. The number of ether oxygens (including phenoxy) is 5. The molecule has 4 heterocycles. The molecule has 5 fully saturated rings. The molecule has 1 saturated carbocycles. The van der Waals surface area contributed by atoms with Crippen LogP contribution >= 0.6 is 79.7 Å². The molecule has 1 aliphatic carbocycles. The van der Waals surface area contributed by atoms with E-state index < -0.39 is 127 Å². The van der Waals surface area contributed by atoms with Crippen molar-refractivity contribution in [2.24, 2.45) is 5.92 Å². The minimum Gasteiger partial charge on any atom is -0.459 e. The molecular formula is C29H47F3IO16P3S3. The van der Waals surface area contributed by atoms with E-state index >= 15 is 0 Å². The molecule has 0 radical (unpaired) electrons.